The fourth-order valence-corrected chi connectivity index (χ4v) is 3.55. The molecule has 1 saturated heterocycles. The summed E-state index contributed by atoms with van der Waals surface area (Å²) in [5.41, 5.74) is 7.46. The van der Waals surface area contributed by atoms with Gasteiger partial charge in [0.15, 0.2) is 11.6 Å². The number of rotatable bonds is 5. The summed E-state index contributed by atoms with van der Waals surface area (Å²) in [7, 11) is 0. The fourth-order valence-electron chi connectivity index (χ4n) is 3.55. The maximum atomic E-state index is 12.0. The van der Waals surface area contributed by atoms with Crippen LogP contribution >= 0.6 is 0 Å². The minimum Gasteiger partial charge on any atom is -0.466 e. The topological polar surface area (TPSA) is 103 Å². The van der Waals surface area contributed by atoms with Gasteiger partial charge in [-0.2, -0.15) is 4.98 Å². The second-order valence-corrected chi connectivity index (χ2v) is 6.86. The quantitative estimate of drug-likeness (QED) is 0.659. The van der Waals surface area contributed by atoms with Crippen molar-refractivity contribution in [3.05, 3.63) is 42.9 Å². The van der Waals surface area contributed by atoms with Crippen molar-refractivity contribution in [1.29, 1.82) is 0 Å². The molecule has 0 saturated carbocycles. The van der Waals surface area contributed by atoms with Gasteiger partial charge in [-0.25, -0.2) is 4.98 Å². The van der Waals surface area contributed by atoms with Crippen molar-refractivity contribution in [2.45, 2.75) is 19.8 Å². The van der Waals surface area contributed by atoms with Crippen LogP contribution in [0.5, 0.6) is 11.6 Å². The van der Waals surface area contributed by atoms with Crippen LogP contribution in [0.2, 0.25) is 0 Å². The number of carbonyl (C=O) groups is 1. The average molecular weight is 393 g/mol. The molecule has 2 aromatic heterocycles. The van der Waals surface area contributed by atoms with Crippen molar-refractivity contribution in [2.75, 3.05) is 30.3 Å². The van der Waals surface area contributed by atoms with Gasteiger partial charge in [-0.3, -0.25) is 9.78 Å². The number of carbonyl (C=O) groups excluding carboxylic acids is 1. The number of pyridine rings is 1. The summed E-state index contributed by atoms with van der Waals surface area (Å²) in [5, 5.41) is 0.971. The van der Waals surface area contributed by atoms with E-state index in [0.29, 0.717) is 55.7 Å². The summed E-state index contributed by atoms with van der Waals surface area (Å²) < 4.78 is 11.1. The summed E-state index contributed by atoms with van der Waals surface area (Å²) in [6.45, 7) is 3.56. The lowest BCUT2D eigenvalue weighted by molar-refractivity contribution is -0.148. The van der Waals surface area contributed by atoms with Crippen molar-refractivity contribution in [1.82, 2.24) is 15.0 Å². The lowest BCUT2D eigenvalue weighted by Gasteiger charge is -2.32. The summed E-state index contributed by atoms with van der Waals surface area (Å²) in [6, 6.07) is 9.55. The molecular weight excluding hydrogens is 370 g/mol. The first-order valence-electron chi connectivity index (χ1n) is 9.71. The van der Waals surface area contributed by atoms with E-state index >= 15 is 0 Å². The lowest BCUT2D eigenvalue weighted by Crippen LogP contribution is -2.37. The molecule has 0 amide bonds. The Morgan fingerprint density at radius 1 is 1.17 bits per heavy atom. The maximum absolute atomic E-state index is 12.0. The molecule has 1 aromatic carbocycles. The van der Waals surface area contributed by atoms with Gasteiger partial charge < -0.3 is 20.1 Å². The van der Waals surface area contributed by atoms with E-state index in [0.717, 1.165) is 10.9 Å². The third-order valence-corrected chi connectivity index (χ3v) is 5.04. The van der Waals surface area contributed by atoms with Gasteiger partial charge in [0, 0.05) is 24.7 Å². The Morgan fingerprint density at radius 3 is 2.76 bits per heavy atom. The van der Waals surface area contributed by atoms with Crippen molar-refractivity contribution < 1.29 is 14.3 Å². The van der Waals surface area contributed by atoms with Crippen LogP contribution in [0.25, 0.3) is 10.9 Å². The second-order valence-electron chi connectivity index (χ2n) is 6.86. The first kappa shape index (κ1) is 18.9. The van der Waals surface area contributed by atoms with Crippen LogP contribution in [-0.2, 0) is 9.53 Å². The van der Waals surface area contributed by atoms with Crippen molar-refractivity contribution in [3.63, 3.8) is 0 Å². The third-order valence-electron chi connectivity index (χ3n) is 5.04. The molecule has 0 spiro atoms. The first-order valence-corrected chi connectivity index (χ1v) is 9.71. The van der Waals surface area contributed by atoms with E-state index in [2.05, 4.69) is 19.9 Å². The minimum atomic E-state index is -0.129. The zero-order chi connectivity index (χ0) is 20.2. The number of piperidine rings is 1. The van der Waals surface area contributed by atoms with Crippen LogP contribution in [0.3, 0.4) is 0 Å². The van der Waals surface area contributed by atoms with E-state index in [4.69, 9.17) is 15.2 Å². The van der Waals surface area contributed by atoms with Crippen molar-refractivity contribution in [3.8, 4) is 11.6 Å². The van der Waals surface area contributed by atoms with E-state index in [1.165, 1.54) is 6.33 Å². The molecule has 8 heteroatoms. The number of nitrogens with zero attached hydrogens (tertiary/aromatic N) is 4. The molecule has 1 aliphatic heterocycles. The zero-order valence-corrected chi connectivity index (χ0v) is 16.2. The van der Waals surface area contributed by atoms with E-state index in [1.54, 1.807) is 6.20 Å². The van der Waals surface area contributed by atoms with Crippen LogP contribution in [0, 0.1) is 5.92 Å². The Hall–Kier alpha value is -3.42. The van der Waals surface area contributed by atoms with Gasteiger partial charge in [-0.15, -0.1) is 0 Å². The summed E-state index contributed by atoms with van der Waals surface area (Å²) >= 11 is 0. The van der Waals surface area contributed by atoms with E-state index in [-0.39, 0.29) is 11.9 Å². The predicted molar refractivity (Wildman–Crippen MR) is 110 cm³/mol. The SMILES string of the molecule is CCOC(=O)C1CCN(c2ncnc(Oc3cccc4cccnc34)c2N)CC1. The Bertz CT molecular complexity index is 1010. The number of hydrogen-bond acceptors (Lipinski definition) is 8. The maximum Gasteiger partial charge on any atom is 0.309 e. The molecule has 29 heavy (non-hydrogen) atoms. The molecule has 3 heterocycles. The molecule has 1 fully saturated rings. The molecule has 1 aliphatic rings. The van der Waals surface area contributed by atoms with E-state index in [1.807, 2.05) is 37.3 Å². The summed E-state index contributed by atoms with van der Waals surface area (Å²) in [6.07, 6.45) is 4.56. The van der Waals surface area contributed by atoms with Gasteiger partial charge in [-0.1, -0.05) is 18.2 Å². The molecule has 0 unspecified atom stereocenters. The monoisotopic (exact) mass is 393 g/mol. The number of ether oxygens (including phenoxy) is 2. The molecule has 3 aromatic rings. The number of benzene rings is 1. The number of esters is 1. The lowest BCUT2D eigenvalue weighted by atomic mass is 9.97. The largest absolute Gasteiger partial charge is 0.466 e. The van der Waals surface area contributed by atoms with Gasteiger partial charge in [0.1, 0.15) is 17.5 Å². The highest BCUT2D eigenvalue weighted by atomic mass is 16.5. The van der Waals surface area contributed by atoms with Crippen molar-refractivity contribution >= 4 is 28.4 Å². The number of fused-ring (bicyclic) bond motifs is 1. The molecular formula is C21H23N5O3. The standard InChI is InChI=1S/C21H23N5O3/c1-2-28-21(27)15-8-11-26(12-9-15)19-17(22)20(25-13-24-19)29-16-7-3-5-14-6-4-10-23-18(14)16/h3-7,10,13,15H,2,8-9,11-12,22H2,1H3. The van der Waals surface area contributed by atoms with Gasteiger partial charge in [-0.05, 0) is 31.9 Å². The molecule has 8 nitrogen and oxygen atoms in total. The predicted octanol–water partition coefficient (Wildman–Crippen LogP) is 3.18. The molecule has 0 aliphatic carbocycles. The highest BCUT2D eigenvalue weighted by molar-refractivity contribution is 5.84. The summed E-state index contributed by atoms with van der Waals surface area (Å²) in [5.74, 6) is 1.29. The number of nitrogens with two attached hydrogens (primary N) is 1. The molecule has 0 bridgehead atoms. The smallest absolute Gasteiger partial charge is 0.309 e. The Labute approximate surface area is 168 Å². The first-order chi connectivity index (χ1) is 14.2. The van der Waals surface area contributed by atoms with Gasteiger partial charge in [0.25, 0.3) is 0 Å². The van der Waals surface area contributed by atoms with Gasteiger partial charge >= 0.3 is 5.97 Å². The molecule has 150 valence electrons. The number of hydrogen-bond donors (Lipinski definition) is 1. The molecule has 2 N–H and O–H groups in total. The van der Waals surface area contributed by atoms with Crippen LogP contribution in [-0.4, -0.2) is 40.6 Å². The average Bonchev–Trinajstić information content (AvgIpc) is 2.76. The Kier molecular flexibility index (Phi) is 5.41. The minimum absolute atomic E-state index is 0.0771. The molecule has 4 rings (SSSR count). The summed E-state index contributed by atoms with van der Waals surface area (Å²) in [4.78, 5) is 27.0. The van der Waals surface area contributed by atoms with Crippen LogP contribution in [0.15, 0.2) is 42.9 Å². The highest BCUT2D eigenvalue weighted by Crippen LogP contribution is 2.35. The number of para-hydroxylation sites is 1. The van der Waals surface area contributed by atoms with Crippen LogP contribution in [0.1, 0.15) is 19.8 Å². The van der Waals surface area contributed by atoms with Crippen LogP contribution < -0.4 is 15.4 Å². The Balaban J connectivity index is 1.53. The second kappa shape index (κ2) is 8.30. The zero-order valence-electron chi connectivity index (χ0n) is 16.2. The number of nitrogen functional groups attached to an aromatic ring is 1. The number of aromatic nitrogens is 3. The number of anilines is 2. The van der Waals surface area contributed by atoms with Gasteiger partial charge in [0.2, 0.25) is 5.88 Å². The van der Waals surface area contributed by atoms with Gasteiger partial charge in [0.05, 0.1) is 12.5 Å². The molecule has 0 atom stereocenters. The Morgan fingerprint density at radius 2 is 1.97 bits per heavy atom. The molecule has 0 radical (unpaired) electrons. The highest BCUT2D eigenvalue weighted by Gasteiger charge is 2.28. The van der Waals surface area contributed by atoms with Crippen LogP contribution in [0.4, 0.5) is 11.5 Å². The van der Waals surface area contributed by atoms with E-state index < -0.39 is 0 Å². The third kappa shape index (κ3) is 3.91. The van der Waals surface area contributed by atoms with E-state index in [9.17, 15) is 4.79 Å². The normalized spacial score (nSPS) is 14.7. The fraction of sp³-hybridized carbons (Fsp3) is 0.333. The van der Waals surface area contributed by atoms with Crippen molar-refractivity contribution in [2.24, 2.45) is 5.92 Å².